The number of aliphatic carboxylic acids is 1. The first-order chi connectivity index (χ1) is 4.72. The molecule has 0 amide bonds. The van der Waals surface area contributed by atoms with Crippen molar-refractivity contribution in [1.82, 2.24) is 0 Å². The molecule has 1 N–H and O–H groups in total. The molecule has 0 aromatic rings. The molecule has 1 rings (SSSR count). The Kier molecular flexibility index (Phi) is 2.60. The van der Waals surface area contributed by atoms with Crippen molar-refractivity contribution in [2.45, 2.75) is 10.6 Å². The molecular weight excluding hydrogens is 231 g/mol. The molecule has 0 saturated carbocycles. The molecular formula is C7H8InO2. The Balaban J connectivity index is 2.65. The Hall–Kier alpha value is -0.180. The number of carboxylic acid groups (broad SMARTS) is 1. The molecule has 0 saturated heterocycles. The van der Waals surface area contributed by atoms with Crippen LogP contribution in [-0.2, 0) is 4.79 Å². The summed E-state index contributed by atoms with van der Waals surface area (Å²) >= 11 is -0.458. The van der Waals surface area contributed by atoms with Crippen molar-refractivity contribution in [3.8, 4) is 0 Å². The van der Waals surface area contributed by atoms with Crippen molar-refractivity contribution in [3.05, 3.63) is 21.6 Å². The zero-order valence-electron chi connectivity index (χ0n) is 5.63. The van der Waals surface area contributed by atoms with Crippen LogP contribution in [0.15, 0.2) is 21.6 Å². The van der Waals surface area contributed by atoms with Crippen LogP contribution in [0.1, 0.15) is 6.42 Å². The van der Waals surface area contributed by atoms with Gasteiger partial charge in [0.1, 0.15) is 0 Å². The normalized spacial score (nSPS) is 15.8. The van der Waals surface area contributed by atoms with E-state index in [2.05, 4.69) is 10.4 Å². The summed E-state index contributed by atoms with van der Waals surface area (Å²) in [6.45, 7) is 3.50. The molecule has 0 atom stereocenters. The van der Waals surface area contributed by atoms with Crippen molar-refractivity contribution in [2.75, 3.05) is 0 Å². The monoisotopic (exact) mass is 239 g/mol. The van der Waals surface area contributed by atoms with E-state index in [0.717, 1.165) is 12.0 Å². The molecule has 0 aliphatic carbocycles. The van der Waals surface area contributed by atoms with E-state index in [-0.39, 0.29) is 0 Å². The molecule has 1 heterocycles. The topological polar surface area (TPSA) is 37.3 Å². The zero-order valence-corrected chi connectivity index (χ0v) is 8.93. The maximum atomic E-state index is 10.4. The average molecular weight is 239 g/mol. The van der Waals surface area contributed by atoms with Gasteiger partial charge in [-0.1, -0.05) is 0 Å². The first kappa shape index (κ1) is 7.92. The predicted octanol–water partition coefficient (Wildman–Crippen LogP) is 1.04. The number of carbonyl (C=O) groups is 1. The average Bonchev–Trinajstić information content (AvgIpc) is 2.36. The molecule has 0 bridgehead atoms. The van der Waals surface area contributed by atoms with E-state index >= 15 is 0 Å². The summed E-state index contributed by atoms with van der Waals surface area (Å²) in [5.41, 5.74) is 1.30. The van der Waals surface area contributed by atoms with Gasteiger partial charge in [-0.2, -0.15) is 0 Å². The van der Waals surface area contributed by atoms with Gasteiger partial charge in [0.25, 0.3) is 0 Å². The second-order valence-corrected chi connectivity index (χ2v) is 6.19. The Morgan fingerprint density at radius 3 is 2.90 bits per heavy atom. The molecule has 2 nitrogen and oxygen atoms in total. The summed E-state index contributed by atoms with van der Waals surface area (Å²) < 4.78 is 3.41. The van der Waals surface area contributed by atoms with Gasteiger partial charge >= 0.3 is 70.9 Å². The van der Waals surface area contributed by atoms with Gasteiger partial charge in [0.05, 0.1) is 0 Å². The minimum absolute atomic E-state index is 0.309. The van der Waals surface area contributed by atoms with Crippen molar-refractivity contribution in [1.29, 1.82) is 0 Å². The molecule has 0 aromatic heterocycles. The van der Waals surface area contributed by atoms with Crippen LogP contribution in [0.4, 0.5) is 0 Å². The van der Waals surface area contributed by atoms with Gasteiger partial charge in [0.2, 0.25) is 0 Å². The van der Waals surface area contributed by atoms with Crippen LogP contribution in [0.2, 0.25) is 4.18 Å². The van der Waals surface area contributed by atoms with Crippen LogP contribution in [-0.4, -0.2) is 34.0 Å². The van der Waals surface area contributed by atoms with Crippen molar-refractivity contribution in [2.24, 2.45) is 0 Å². The minimum atomic E-state index is -0.865. The Morgan fingerprint density at radius 2 is 2.50 bits per heavy atom. The summed E-state index contributed by atoms with van der Waals surface area (Å²) in [7, 11) is 0. The van der Waals surface area contributed by atoms with E-state index in [1.165, 1.54) is 4.18 Å². The second-order valence-electron chi connectivity index (χ2n) is 2.25. The Morgan fingerprint density at radius 1 is 1.80 bits per heavy atom. The summed E-state index contributed by atoms with van der Waals surface area (Å²) in [4.78, 5) is 10.4. The van der Waals surface area contributed by atoms with Gasteiger partial charge in [-0.3, -0.25) is 0 Å². The van der Waals surface area contributed by atoms with Crippen LogP contribution in [0, 0.1) is 0 Å². The summed E-state index contributed by atoms with van der Waals surface area (Å²) in [6, 6.07) is 0. The summed E-state index contributed by atoms with van der Waals surface area (Å²) in [5, 5.41) is 8.52. The van der Waals surface area contributed by atoms with Crippen LogP contribution < -0.4 is 0 Å². The summed E-state index contributed by atoms with van der Waals surface area (Å²) in [6.07, 6.45) is 0.965. The van der Waals surface area contributed by atoms with E-state index in [1.54, 1.807) is 0 Å². The van der Waals surface area contributed by atoms with E-state index < -0.39 is 28.9 Å². The van der Waals surface area contributed by atoms with E-state index in [9.17, 15) is 4.79 Å². The van der Waals surface area contributed by atoms with Gasteiger partial charge in [0, 0.05) is 0 Å². The van der Waals surface area contributed by atoms with E-state index in [4.69, 9.17) is 5.11 Å². The maximum absolute atomic E-state index is 10.4. The van der Waals surface area contributed by atoms with Crippen molar-refractivity contribution in [3.63, 3.8) is 0 Å². The molecule has 1 radical (unpaired) electrons. The number of hydrogen-bond acceptors (Lipinski definition) is 1. The van der Waals surface area contributed by atoms with Crippen LogP contribution in [0.5, 0.6) is 0 Å². The van der Waals surface area contributed by atoms with Gasteiger partial charge in [-0.05, 0) is 0 Å². The molecule has 3 heteroatoms. The Bertz CT molecular complexity index is 206. The standard InChI is InChI=1S/C7H8O2.In/c1-4-5(2)6(3)7(8)9;/h2H,1,3-4H2,(H,8,9);. The third kappa shape index (κ3) is 1.66. The fourth-order valence-corrected chi connectivity index (χ4v) is 4.64. The zero-order chi connectivity index (χ0) is 7.56. The molecule has 0 aromatic carbocycles. The third-order valence-electron chi connectivity index (χ3n) is 1.55. The molecule has 0 unspecified atom stereocenters. The number of rotatable bonds is 2. The molecule has 1 aliphatic heterocycles. The fraction of sp³-hybridized carbons (Fsp3) is 0.286. The molecule has 0 fully saturated rings. The van der Waals surface area contributed by atoms with Gasteiger partial charge in [-0.25, -0.2) is 0 Å². The van der Waals surface area contributed by atoms with Gasteiger partial charge in [-0.15, -0.1) is 0 Å². The Labute approximate surface area is 71.0 Å². The first-order valence-corrected chi connectivity index (χ1v) is 7.40. The van der Waals surface area contributed by atoms with Gasteiger partial charge < -0.3 is 0 Å². The molecule has 10 heavy (non-hydrogen) atoms. The van der Waals surface area contributed by atoms with Crippen LogP contribution in [0.3, 0.4) is 0 Å². The SMILES string of the molecule is C=C(C(=O)O)C1=[CH][In][CH2]C1. The molecule has 51 valence electrons. The first-order valence-electron chi connectivity index (χ1n) is 3.17. The number of carboxylic acids is 1. The fourth-order valence-electron chi connectivity index (χ4n) is 0.937. The van der Waals surface area contributed by atoms with Crippen molar-refractivity contribution < 1.29 is 9.90 Å². The second kappa shape index (κ2) is 3.28. The van der Waals surface area contributed by atoms with E-state index in [1.807, 2.05) is 0 Å². The quantitative estimate of drug-likeness (QED) is 0.731. The predicted molar refractivity (Wildman–Crippen MR) is 40.0 cm³/mol. The van der Waals surface area contributed by atoms with Crippen LogP contribution in [0.25, 0.3) is 0 Å². The molecule has 0 spiro atoms. The van der Waals surface area contributed by atoms with Crippen molar-refractivity contribution >= 4 is 28.9 Å². The van der Waals surface area contributed by atoms with Gasteiger partial charge in [0.15, 0.2) is 0 Å². The summed E-state index contributed by atoms with van der Waals surface area (Å²) in [5.74, 6) is -0.865. The number of hydrogen-bond donors (Lipinski definition) is 1. The molecule has 1 aliphatic rings. The third-order valence-corrected chi connectivity index (χ3v) is 5.14. The van der Waals surface area contributed by atoms with Crippen LogP contribution >= 0.6 is 0 Å². The van der Waals surface area contributed by atoms with E-state index in [0.29, 0.717) is 5.57 Å².